The van der Waals surface area contributed by atoms with E-state index in [-0.39, 0.29) is 18.0 Å². The number of aromatic nitrogens is 1. The van der Waals surface area contributed by atoms with E-state index in [0.717, 1.165) is 4.90 Å². The fourth-order valence-electron chi connectivity index (χ4n) is 3.59. The van der Waals surface area contributed by atoms with Gasteiger partial charge < -0.3 is 15.2 Å². The highest BCUT2D eigenvalue weighted by Crippen LogP contribution is 2.31. The molecule has 0 spiro atoms. The molecular formula is C21H26FN3O4Si. The van der Waals surface area contributed by atoms with Gasteiger partial charge in [-0.25, -0.2) is 14.2 Å². The average Bonchev–Trinajstić information content (AvgIpc) is 2.66. The van der Waals surface area contributed by atoms with Gasteiger partial charge in [0, 0.05) is 30.3 Å². The standard InChI is InChI=1S/C21H26FN3O4Si/c1-5-29-18-9-7-14-16(24-18)10-11-25(21(27)28)19(14)20(26)23-13-6-8-17(15(22)12-13)30(2,3)4/h6-9,12,19H,5,10-11H2,1-4H3,(H,23,26)(H,27,28)/t19-/m0/s1. The Labute approximate surface area is 175 Å². The van der Waals surface area contributed by atoms with Crippen molar-refractivity contribution in [3.63, 3.8) is 0 Å². The topological polar surface area (TPSA) is 91.8 Å². The van der Waals surface area contributed by atoms with Crippen LogP contribution in [0.15, 0.2) is 30.3 Å². The summed E-state index contributed by atoms with van der Waals surface area (Å²) < 4.78 is 20.0. The molecule has 160 valence electrons. The quantitative estimate of drug-likeness (QED) is 0.708. The first-order valence-corrected chi connectivity index (χ1v) is 13.3. The average molecular weight is 432 g/mol. The van der Waals surface area contributed by atoms with Crippen LogP contribution in [0.5, 0.6) is 5.88 Å². The number of amides is 2. The summed E-state index contributed by atoms with van der Waals surface area (Å²) in [5.74, 6) is -0.484. The van der Waals surface area contributed by atoms with Crippen LogP contribution in [0, 0.1) is 5.82 Å². The highest BCUT2D eigenvalue weighted by atomic mass is 28.3. The van der Waals surface area contributed by atoms with Crippen molar-refractivity contribution in [1.29, 1.82) is 0 Å². The number of pyridine rings is 1. The zero-order valence-corrected chi connectivity index (χ0v) is 18.5. The lowest BCUT2D eigenvalue weighted by Gasteiger charge is -2.33. The summed E-state index contributed by atoms with van der Waals surface area (Å²) in [4.78, 5) is 30.3. The van der Waals surface area contributed by atoms with Crippen LogP contribution in [0.2, 0.25) is 19.6 Å². The van der Waals surface area contributed by atoms with Crippen molar-refractivity contribution in [2.45, 2.75) is 39.0 Å². The number of carbonyl (C=O) groups is 2. The first kappa shape index (κ1) is 21.8. The van der Waals surface area contributed by atoms with Crippen molar-refractivity contribution in [1.82, 2.24) is 9.88 Å². The van der Waals surface area contributed by atoms with Crippen molar-refractivity contribution in [3.05, 3.63) is 47.4 Å². The summed E-state index contributed by atoms with van der Waals surface area (Å²) in [5, 5.41) is 12.9. The highest BCUT2D eigenvalue weighted by Gasteiger charge is 2.37. The van der Waals surface area contributed by atoms with Crippen LogP contribution in [-0.2, 0) is 11.2 Å². The van der Waals surface area contributed by atoms with Crippen molar-refractivity contribution >= 4 is 30.9 Å². The van der Waals surface area contributed by atoms with E-state index in [1.54, 1.807) is 24.3 Å². The maximum atomic E-state index is 14.6. The molecule has 0 saturated carbocycles. The number of rotatable bonds is 5. The van der Waals surface area contributed by atoms with Crippen LogP contribution in [0.3, 0.4) is 0 Å². The minimum Gasteiger partial charge on any atom is -0.478 e. The Morgan fingerprint density at radius 2 is 2.03 bits per heavy atom. The summed E-state index contributed by atoms with van der Waals surface area (Å²) in [6.07, 6.45) is -0.818. The zero-order chi connectivity index (χ0) is 22.1. The molecule has 1 aromatic heterocycles. The number of hydrogen-bond acceptors (Lipinski definition) is 4. The predicted octanol–water partition coefficient (Wildman–Crippen LogP) is 3.38. The van der Waals surface area contributed by atoms with E-state index in [9.17, 15) is 19.1 Å². The van der Waals surface area contributed by atoms with E-state index in [0.29, 0.717) is 35.4 Å². The van der Waals surface area contributed by atoms with Gasteiger partial charge in [-0.15, -0.1) is 0 Å². The number of nitrogens with zero attached hydrogens (tertiary/aromatic N) is 2. The number of hydrogen-bond donors (Lipinski definition) is 2. The molecule has 2 N–H and O–H groups in total. The molecule has 0 saturated heterocycles. The summed E-state index contributed by atoms with van der Waals surface area (Å²) in [5.41, 5.74) is 1.42. The molecule has 1 aliphatic rings. The van der Waals surface area contributed by atoms with Gasteiger partial charge in [-0.3, -0.25) is 9.69 Å². The Balaban J connectivity index is 1.91. The van der Waals surface area contributed by atoms with Crippen LogP contribution < -0.4 is 15.2 Å². The SMILES string of the molecule is CCOc1ccc2c(n1)CCN(C(=O)O)[C@@H]2C(=O)Nc1ccc([Si](C)(C)C)c(F)c1. The zero-order valence-electron chi connectivity index (χ0n) is 17.5. The lowest BCUT2D eigenvalue weighted by molar-refractivity contribution is -0.121. The smallest absolute Gasteiger partial charge is 0.408 e. The molecule has 9 heteroatoms. The van der Waals surface area contributed by atoms with Crippen LogP contribution in [0.1, 0.15) is 24.2 Å². The molecule has 3 rings (SSSR count). The molecule has 30 heavy (non-hydrogen) atoms. The first-order valence-electron chi connectivity index (χ1n) is 9.85. The fraction of sp³-hybridized carbons (Fsp3) is 0.381. The van der Waals surface area contributed by atoms with E-state index >= 15 is 0 Å². The van der Waals surface area contributed by atoms with Gasteiger partial charge in [0.2, 0.25) is 5.88 Å². The molecule has 1 aliphatic heterocycles. The summed E-state index contributed by atoms with van der Waals surface area (Å²) in [7, 11) is -1.85. The number of anilines is 1. The molecule has 7 nitrogen and oxygen atoms in total. The third-order valence-electron chi connectivity index (χ3n) is 5.01. The molecule has 2 heterocycles. The van der Waals surface area contributed by atoms with Gasteiger partial charge >= 0.3 is 6.09 Å². The molecule has 0 radical (unpaired) electrons. The molecule has 1 atom stereocenters. The predicted molar refractivity (Wildman–Crippen MR) is 115 cm³/mol. The maximum Gasteiger partial charge on any atom is 0.408 e. The monoisotopic (exact) mass is 431 g/mol. The number of benzene rings is 1. The maximum absolute atomic E-state index is 14.6. The van der Waals surface area contributed by atoms with E-state index in [4.69, 9.17) is 4.74 Å². The number of carbonyl (C=O) groups excluding carboxylic acids is 1. The van der Waals surface area contributed by atoms with Crippen LogP contribution in [0.25, 0.3) is 0 Å². The largest absolute Gasteiger partial charge is 0.478 e. The number of carboxylic acid groups (broad SMARTS) is 1. The second-order valence-corrected chi connectivity index (χ2v) is 13.2. The molecule has 0 bridgehead atoms. The highest BCUT2D eigenvalue weighted by molar-refractivity contribution is 6.88. The molecular weight excluding hydrogens is 405 g/mol. The Hall–Kier alpha value is -2.94. The summed E-state index contributed by atoms with van der Waals surface area (Å²) in [6.45, 7) is 8.54. The molecule has 0 unspecified atom stereocenters. The molecule has 2 aromatic rings. The van der Waals surface area contributed by atoms with Gasteiger partial charge in [0.05, 0.1) is 20.4 Å². The van der Waals surface area contributed by atoms with E-state index in [1.165, 1.54) is 6.07 Å². The molecule has 0 aliphatic carbocycles. The Morgan fingerprint density at radius 1 is 1.30 bits per heavy atom. The number of ether oxygens (including phenoxy) is 1. The van der Waals surface area contributed by atoms with Gasteiger partial charge in [-0.2, -0.15) is 0 Å². The number of halogens is 1. The second-order valence-electron chi connectivity index (χ2n) is 8.18. The Bertz CT molecular complexity index is 977. The fourth-order valence-corrected chi connectivity index (χ4v) is 4.97. The van der Waals surface area contributed by atoms with Crippen LogP contribution in [0.4, 0.5) is 14.9 Å². The third kappa shape index (κ3) is 4.45. The van der Waals surface area contributed by atoms with Gasteiger partial charge in [0.25, 0.3) is 5.91 Å². The second kappa shape index (κ2) is 8.43. The minimum absolute atomic E-state index is 0.131. The number of nitrogens with one attached hydrogen (secondary N) is 1. The van der Waals surface area contributed by atoms with Gasteiger partial charge in [0.1, 0.15) is 11.9 Å². The van der Waals surface area contributed by atoms with Crippen molar-refractivity contribution in [3.8, 4) is 5.88 Å². The number of fused-ring (bicyclic) bond motifs is 1. The van der Waals surface area contributed by atoms with E-state index in [1.807, 2.05) is 26.6 Å². The molecule has 0 fully saturated rings. The van der Waals surface area contributed by atoms with Crippen molar-refractivity contribution in [2.24, 2.45) is 0 Å². The molecule has 2 amide bonds. The van der Waals surface area contributed by atoms with E-state index in [2.05, 4.69) is 10.3 Å². The van der Waals surface area contributed by atoms with Crippen LogP contribution >= 0.6 is 0 Å². The van der Waals surface area contributed by atoms with E-state index < -0.39 is 26.1 Å². The minimum atomic E-state index is -1.85. The Morgan fingerprint density at radius 3 is 2.63 bits per heavy atom. The lowest BCUT2D eigenvalue weighted by Crippen LogP contribution is -2.45. The third-order valence-corrected chi connectivity index (χ3v) is 7.03. The van der Waals surface area contributed by atoms with Crippen LogP contribution in [-0.4, -0.2) is 48.2 Å². The Kier molecular flexibility index (Phi) is 6.11. The normalized spacial score (nSPS) is 16.0. The molecule has 1 aromatic carbocycles. The van der Waals surface area contributed by atoms with Gasteiger partial charge in [-0.05, 0) is 30.3 Å². The van der Waals surface area contributed by atoms with Gasteiger partial charge in [0.15, 0.2) is 0 Å². The van der Waals surface area contributed by atoms with Crippen molar-refractivity contribution in [2.75, 3.05) is 18.5 Å². The summed E-state index contributed by atoms with van der Waals surface area (Å²) in [6, 6.07) is 6.85. The van der Waals surface area contributed by atoms with Crippen molar-refractivity contribution < 1.29 is 23.8 Å². The summed E-state index contributed by atoms with van der Waals surface area (Å²) >= 11 is 0. The lowest BCUT2D eigenvalue weighted by atomic mass is 9.96. The van der Waals surface area contributed by atoms with Gasteiger partial charge in [-0.1, -0.05) is 25.7 Å². The first-order chi connectivity index (χ1) is 14.1.